The molecule has 2 saturated heterocycles. The first-order valence-corrected chi connectivity index (χ1v) is 9.80. The number of carbonyl (C=O) groups is 1. The second kappa shape index (κ2) is 7.91. The number of rotatable bonds is 5. The highest BCUT2D eigenvalue weighted by atomic mass is 16.5. The molecule has 3 heterocycles. The van der Waals surface area contributed by atoms with E-state index in [1.807, 2.05) is 11.8 Å². The molecule has 2 aliphatic rings. The Hall–Kier alpha value is -1.69. The van der Waals surface area contributed by atoms with Gasteiger partial charge in [-0.1, -0.05) is 13.8 Å². The van der Waals surface area contributed by atoms with Crippen molar-refractivity contribution in [2.45, 2.75) is 52.4 Å². The molecule has 6 nitrogen and oxygen atoms in total. The van der Waals surface area contributed by atoms with Gasteiger partial charge in [0.1, 0.15) is 11.6 Å². The molecule has 0 atom stereocenters. The van der Waals surface area contributed by atoms with Gasteiger partial charge < -0.3 is 14.5 Å². The normalized spacial score (nSPS) is 20.3. The second-order valence-electron chi connectivity index (χ2n) is 8.18. The van der Waals surface area contributed by atoms with Crippen molar-refractivity contribution in [2.75, 3.05) is 44.8 Å². The first kappa shape index (κ1) is 19.1. The summed E-state index contributed by atoms with van der Waals surface area (Å²) in [7, 11) is 1.69. The SMILES string of the molecule is COCCN1CC2(CCC1=O)CCN(c1cc(C)nc(C(C)C)n1)CC2. The quantitative estimate of drug-likeness (QED) is 0.808. The van der Waals surface area contributed by atoms with Crippen LogP contribution in [0.15, 0.2) is 6.07 Å². The van der Waals surface area contributed by atoms with E-state index < -0.39 is 0 Å². The van der Waals surface area contributed by atoms with E-state index in [4.69, 9.17) is 9.72 Å². The summed E-state index contributed by atoms with van der Waals surface area (Å²) in [5.41, 5.74) is 1.30. The summed E-state index contributed by atoms with van der Waals surface area (Å²) < 4.78 is 5.17. The van der Waals surface area contributed by atoms with Crippen LogP contribution in [-0.4, -0.2) is 60.7 Å². The average molecular weight is 361 g/mol. The van der Waals surface area contributed by atoms with Gasteiger partial charge in [-0.05, 0) is 31.6 Å². The first-order valence-electron chi connectivity index (χ1n) is 9.80. The fourth-order valence-corrected chi connectivity index (χ4v) is 4.12. The molecule has 0 N–H and O–H groups in total. The van der Waals surface area contributed by atoms with Crippen LogP contribution in [0.3, 0.4) is 0 Å². The van der Waals surface area contributed by atoms with E-state index in [1.54, 1.807) is 7.11 Å². The minimum atomic E-state index is 0.265. The van der Waals surface area contributed by atoms with Crippen molar-refractivity contribution in [1.29, 1.82) is 0 Å². The van der Waals surface area contributed by atoms with E-state index in [0.29, 0.717) is 25.5 Å². The van der Waals surface area contributed by atoms with Crippen molar-refractivity contribution < 1.29 is 9.53 Å². The summed E-state index contributed by atoms with van der Waals surface area (Å²) in [4.78, 5) is 25.9. The number of piperidine rings is 2. The fraction of sp³-hybridized carbons (Fsp3) is 0.750. The predicted molar refractivity (Wildman–Crippen MR) is 102 cm³/mol. The molecule has 2 fully saturated rings. The lowest BCUT2D eigenvalue weighted by atomic mass is 9.72. The minimum absolute atomic E-state index is 0.265. The summed E-state index contributed by atoms with van der Waals surface area (Å²) in [6, 6.07) is 2.10. The third-order valence-electron chi connectivity index (χ3n) is 5.84. The van der Waals surface area contributed by atoms with E-state index in [9.17, 15) is 4.79 Å². The third kappa shape index (κ3) is 4.17. The molecule has 0 saturated carbocycles. The highest BCUT2D eigenvalue weighted by Crippen LogP contribution is 2.41. The Morgan fingerprint density at radius 3 is 2.62 bits per heavy atom. The number of amides is 1. The fourth-order valence-electron chi connectivity index (χ4n) is 4.12. The zero-order valence-electron chi connectivity index (χ0n) is 16.6. The monoisotopic (exact) mass is 360 g/mol. The van der Waals surface area contributed by atoms with Gasteiger partial charge in [-0.25, -0.2) is 9.97 Å². The van der Waals surface area contributed by atoms with E-state index >= 15 is 0 Å². The molecule has 1 amide bonds. The van der Waals surface area contributed by atoms with Crippen LogP contribution in [0.1, 0.15) is 57.0 Å². The van der Waals surface area contributed by atoms with Gasteiger partial charge in [-0.3, -0.25) is 4.79 Å². The zero-order valence-corrected chi connectivity index (χ0v) is 16.6. The minimum Gasteiger partial charge on any atom is -0.383 e. The van der Waals surface area contributed by atoms with Gasteiger partial charge in [0.25, 0.3) is 0 Å². The Kier molecular flexibility index (Phi) is 5.80. The summed E-state index contributed by atoms with van der Waals surface area (Å²) >= 11 is 0. The van der Waals surface area contributed by atoms with E-state index in [1.165, 1.54) is 0 Å². The molecule has 1 spiro atoms. The summed E-state index contributed by atoms with van der Waals surface area (Å²) in [5.74, 6) is 2.60. The van der Waals surface area contributed by atoms with Gasteiger partial charge in [-0.15, -0.1) is 0 Å². The Bertz CT molecular complexity index is 639. The molecule has 3 rings (SSSR count). The zero-order chi connectivity index (χ0) is 18.7. The largest absolute Gasteiger partial charge is 0.383 e. The lowest BCUT2D eigenvalue weighted by Crippen LogP contribution is -2.52. The number of ether oxygens (including phenoxy) is 1. The smallest absolute Gasteiger partial charge is 0.222 e. The van der Waals surface area contributed by atoms with Gasteiger partial charge in [-0.2, -0.15) is 0 Å². The number of hydrogen-bond acceptors (Lipinski definition) is 5. The number of methoxy groups -OCH3 is 1. The van der Waals surface area contributed by atoms with E-state index in [0.717, 1.165) is 56.2 Å². The van der Waals surface area contributed by atoms with Crippen LogP contribution < -0.4 is 4.90 Å². The van der Waals surface area contributed by atoms with E-state index in [-0.39, 0.29) is 11.3 Å². The molecule has 1 aromatic rings. The third-order valence-corrected chi connectivity index (χ3v) is 5.84. The van der Waals surface area contributed by atoms with Crippen molar-refractivity contribution in [3.05, 3.63) is 17.6 Å². The van der Waals surface area contributed by atoms with Crippen molar-refractivity contribution in [2.24, 2.45) is 5.41 Å². The first-order chi connectivity index (χ1) is 12.4. The maximum absolute atomic E-state index is 12.2. The number of aryl methyl sites for hydroxylation is 1. The Morgan fingerprint density at radius 2 is 1.96 bits per heavy atom. The number of nitrogens with zero attached hydrogens (tertiary/aromatic N) is 4. The highest BCUT2D eigenvalue weighted by molar-refractivity contribution is 5.77. The molecule has 6 heteroatoms. The number of likely N-dealkylation sites (tertiary alicyclic amines) is 1. The molecule has 1 aromatic heterocycles. The summed E-state index contributed by atoms with van der Waals surface area (Å²) in [6.45, 7) is 10.5. The molecule has 26 heavy (non-hydrogen) atoms. The number of hydrogen-bond donors (Lipinski definition) is 0. The molecule has 0 bridgehead atoms. The standard InChI is InChI=1S/C20H32N4O2/c1-15(2)19-21-16(3)13-17(22-19)23-9-7-20(8-10-23)6-5-18(25)24(14-20)11-12-26-4/h13,15H,5-12,14H2,1-4H3. The van der Waals surface area contributed by atoms with Crippen LogP contribution in [0.5, 0.6) is 0 Å². The molecule has 0 aromatic carbocycles. The molecule has 0 aliphatic carbocycles. The second-order valence-corrected chi connectivity index (χ2v) is 8.18. The number of carbonyl (C=O) groups excluding carboxylic acids is 1. The van der Waals surface area contributed by atoms with Crippen molar-refractivity contribution in [1.82, 2.24) is 14.9 Å². The summed E-state index contributed by atoms with van der Waals surface area (Å²) in [6.07, 6.45) is 3.92. The van der Waals surface area contributed by atoms with Crippen LogP contribution >= 0.6 is 0 Å². The molecule has 0 radical (unpaired) electrons. The van der Waals surface area contributed by atoms with Gasteiger partial charge in [0.15, 0.2) is 0 Å². The highest BCUT2D eigenvalue weighted by Gasteiger charge is 2.41. The van der Waals surface area contributed by atoms with Crippen LogP contribution in [0.25, 0.3) is 0 Å². The predicted octanol–water partition coefficient (Wildman–Crippen LogP) is 2.76. The summed E-state index contributed by atoms with van der Waals surface area (Å²) in [5, 5.41) is 0. The Labute approximate surface area is 156 Å². The van der Waals surface area contributed by atoms with Crippen LogP contribution in [0.2, 0.25) is 0 Å². The van der Waals surface area contributed by atoms with Gasteiger partial charge in [0, 0.05) is 57.4 Å². The van der Waals surface area contributed by atoms with E-state index in [2.05, 4.69) is 29.8 Å². The molecule has 0 unspecified atom stereocenters. The Balaban J connectivity index is 1.66. The maximum atomic E-state index is 12.2. The molecule has 144 valence electrons. The number of aromatic nitrogens is 2. The average Bonchev–Trinajstić information content (AvgIpc) is 2.63. The van der Waals surface area contributed by atoms with Gasteiger partial charge in [0.2, 0.25) is 5.91 Å². The topological polar surface area (TPSA) is 58.6 Å². The molecular weight excluding hydrogens is 328 g/mol. The molecular formula is C20H32N4O2. The van der Waals surface area contributed by atoms with Crippen LogP contribution in [-0.2, 0) is 9.53 Å². The van der Waals surface area contributed by atoms with Crippen molar-refractivity contribution in [3.63, 3.8) is 0 Å². The van der Waals surface area contributed by atoms with Gasteiger partial charge in [0.05, 0.1) is 6.61 Å². The maximum Gasteiger partial charge on any atom is 0.222 e. The van der Waals surface area contributed by atoms with Crippen molar-refractivity contribution >= 4 is 11.7 Å². The lowest BCUT2D eigenvalue weighted by Gasteiger charge is -2.47. The van der Waals surface area contributed by atoms with Crippen molar-refractivity contribution in [3.8, 4) is 0 Å². The Morgan fingerprint density at radius 1 is 1.23 bits per heavy atom. The van der Waals surface area contributed by atoms with Gasteiger partial charge >= 0.3 is 0 Å². The number of anilines is 1. The van der Waals surface area contributed by atoms with Crippen LogP contribution in [0, 0.1) is 12.3 Å². The lowest BCUT2D eigenvalue weighted by molar-refractivity contribution is -0.139. The van der Waals surface area contributed by atoms with Crippen LogP contribution in [0.4, 0.5) is 5.82 Å². The molecule has 2 aliphatic heterocycles.